The first-order valence-electron chi connectivity index (χ1n) is 9.89. The first kappa shape index (κ1) is 20.2. The number of halogens is 1. The molecule has 0 bridgehead atoms. The Morgan fingerprint density at radius 2 is 1.78 bits per heavy atom. The Hall–Kier alpha value is -1.52. The normalized spacial score (nSPS) is 18.8. The maximum Gasteiger partial charge on any atom is 0.119 e. The summed E-state index contributed by atoms with van der Waals surface area (Å²) in [7, 11) is 3.46. The van der Waals surface area contributed by atoms with Crippen molar-refractivity contribution in [1.82, 2.24) is 5.32 Å². The van der Waals surface area contributed by atoms with Gasteiger partial charge in [0.1, 0.15) is 11.5 Å². The molecule has 0 fully saturated rings. The molecule has 1 heterocycles. The van der Waals surface area contributed by atoms with Crippen LogP contribution in [-0.4, -0.2) is 20.3 Å². The maximum absolute atomic E-state index is 5.47. The van der Waals surface area contributed by atoms with E-state index in [1.165, 1.54) is 42.4 Å². The highest BCUT2D eigenvalue weighted by Crippen LogP contribution is 2.34. The average Bonchev–Trinajstić information content (AvgIpc) is 2.69. The van der Waals surface area contributed by atoms with Gasteiger partial charge in [0.2, 0.25) is 0 Å². The van der Waals surface area contributed by atoms with Crippen molar-refractivity contribution in [2.24, 2.45) is 0 Å². The van der Waals surface area contributed by atoms with Crippen LogP contribution in [0.4, 0.5) is 0 Å². The molecule has 0 saturated carbocycles. The van der Waals surface area contributed by atoms with E-state index in [1.54, 1.807) is 14.2 Å². The quantitative estimate of drug-likeness (QED) is 0.532. The molecule has 2 aromatic carbocycles. The first-order valence-corrected chi connectivity index (χ1v) is 10.7. The minimum Gasteiger partial charge on any atom is -0.497 e. The van der Waals surface area contributed by atoms with E-state index in [2.05, 4.69) is 58.5 Å². The zero-order valence-electron chi connectivity index (χ0n) is 16.6. The van der Waals surface area contributed by atoms with Gasteiger partial charge in [-0.3, -0.25) is 0 Å². The fourth-order valence-electron chi connectivity index (χ4n) is 3.97. The van der Waals surface area contributed by atoms with Gasteiger partial charge in [-0.05, 0) is 66.3 Å². The van der Waals surface area contributed by atoms with E-state index in [-0.39, 0.29) is 0 Å². The summed E-state index contributed by atoms with van der Waals surface area (Å²) < 4.78 is 12.0. The number of ether oxygens (including phenoxy) is 2. The lowest BCUT2D eigenvalue weighted by atomic mass is 9.85. The Morgan fingerprint density at radius 3 is 2.52 bits per heavy atom. The second-order valence-electron chi connectivity index (χ2n) is 7.34. The number of methoxy groups -OCH3 is 2. The largest absolute Gasteiger partial charge is 0.497 e. The monoisotopic (exact) mass is 431 g/mol. The second-order valence-corrected chi connectivity index (χ2v) is 8.20. The van der Waals surface area contributed by atoms with Crippen molar-refractivity contribution < 1.29 is 9.47 Å². The summed E-state index contributed by atoms with van der Waals surface area (Å²) >= 11 is 3.71. The third kappa shape index (κ3) is 5.05. The van der Waals surface area contributed by atoms with E-state index < -0.39 is 0 Å². The molecule has 0 aromatic heterocycles. The molecule has 1 aliphatic rings. The van der Waals surface area contributed by atoms with Gasteiger partial charge < -0.3 is 14.8 Å². The van der Waals surface area contributed by atoms with Crippen molar-refractivity contribution in [1.29, 1.82) is 0 Å². The molecule has 27 heavy (non-hydrogen) atoms. The van der Waals surface area contributed by atoms with Gasteiger partial charge in [-0.15, -0.1) is 0 Å². The predicted molar refractivity (Wildman–Crippen MR) is 115 cm³/mol. The van der Waals surface area contributed by atoms with Gasteiger partial charge in [0.15, 0.2) is 0 Å². The van der Waals surface area contributed by atoms with Gasteiger partial charge in [0.25, 0.3) is 0 Å². The van der Waals surface area contributed by atoms with Crippen LogP contribution in [0.3, 0.4) is 0 Å². The first-order chi connectivity index (χ1) is 13.1. The lowest BCUT2D eigenvalue weighted by Crippen LogP contribution is -2.40. The van der Waals surface area contributed by atoms with Crippen molar-refractivity contribution in [3.8, 4) is 11.5 Å². The molecule has 2 unspecified atom stereocenters. The van der Waals surface area contributed by atoms with Gasteiger partial charge in [-0.2, -0.15) is 0 Å². The second kappa shape index (κ2) is 9.61. The van der Waals surface area contributed by atoms with Crippen LogP contribution in [0.5, 0.6) is 11.5 Å². The molecule has 1 aliphatic heterocycles. The zero-order chi connectivity index (χ0) is 19.2. The van der Waals surface area contributed by atoms with Crippen LogP contribution in [0.15, 0.2) is 40.9 Å². The molecular weight excluding hydrogens is 402 g/mol. The van der Waals surface area contributed by atoms with E-state index in [0.717, 1.165) is 28.8 Å². The Labute approximate surface area is 171 Å². The van der Waals surface area contributed by atoms with Gasteiger partial charge in [-0.25, -0.2) is 0 Å². The summed E-state index contributed by atoms with van der Waals surface area (Å²) in [5.41, 5.74) is 4.07. The highest BCUT2D eigenvalue weighted by atomic mass is 79.9. The lowest BCUT2D eigenvalue weighted by molar-refractivity contribution is 0.368. The van der Waals surface area contributed by atoms with Crippen LogP contribution < -0.4 is 14.8 Å². The highest BCUT2D eigenvalue weighted by Gasteiger charge is 2.27. The SMILES string of the molecule is CCCCCC1Cc2cc(OC)ccc2C(Cc2cc(OC)ccc2Br)N1. The topological polar surface area (TPSA) is 30.5 Å². The molecule has 3 nitrogen and oxygen atoms in total. The van der Waals surface area contributed by atoms with Gasteiger partial charge in [0, 0.05) is 16.6 Å². The van der Waals surface area contributed by atoms with Crippen molar-refractivity contribution in [2.75, 3.05) is 14.2 Å². The lowest BCUT2D eigenvalue weighted by Gasteiger charge is -2.34. The minimum absolute atomic E-state index is 0.301. The van der Waals surface area contributed by atoms with Crippen LogP contribution >= 0.6 is 15.9 Å². The summed E-state index contributed by atoms with van der Waals surface area (Å²) in [5.74, 6) is 1.85. The summed E-state index contributed by atoms with van der Waals surface area (Å²) in [5, 5.41) is 3.92. The molecule has 2 atom stereocenters. The Kier molecular flexibility index (Phi) is 7.20. The molecular formula is C23H30BrNO2. The number of benzene rings is 2. The van der Waals surface area contributed by atoms with E-state index in [1.807, 2.05) is 6.07 Å². The Bertz CT molecular complexity index is 762. The smallest absolute Gasteiger partial charge is 0.119 e. The standard InChI is InChI=1S/C23H30BrNO2/c1-4-5-6-7-18-12-16-13-19(26-2)8-10-21(16)23(25-18)15-17-14-20(27-3)9-11-22(17)24/h8-11,13-14,18,23,25H,4-7,12,15H2,1-3H3. The van der Waals surface area contributed by atoms with E-state index in [0.29, 0.717) is 12.1 Å². The zero-order valence-corrected chi connectivity index (χ0v) is 18.1. The third-order valence-electron chi connectivity index (χ3n) is 5.46. The number of nitrogens with one attached hydrogen (secondary N) is 1. The predicted octanol–water partition coefficient (Wildman–Crippen LogP) is 5.84. The van der Waals surface area contributed by atoms with Crippen molar-refractivity contribution in [2.45, 2.75) is 57.5 Å². The Balaban J connectivity index is 1.86. The number of fused-ring (bicyclic) bond motifs is 1. The number of hydrogen-bond acceptors (Lipinski definition) is 3. The molecule has 3 rings (SSSR count). The summed E-state index contributed by atoms with van der Waals surface area (Å²) in [6, 6.07) is 13.5. The molecule has 0 aliphatic carbocycles. The molecule has 4 heteroatoms. The summed E-state index contributed by atoms with van der Waals surface area (Å²) in [4.78, 5) is 0. The van der Waals surface area contributed by atoms with E-state index in [9.17, 15) is 0 Å². The average molecular weight is 432 g/mol. The van der Waals surface area contributed by atoms with Gasteiger partial charge >= 0.3 is 0 Å². The van der Waals surface area contributed by atoms with Crippen LogP contribution in [0, 0.1) is 0 Å². The van der Waals surface area contributed by atoms with E-state index >= 15 is 0 Å². The van der Waals surface area contributed by atoms with Crippen LogP contribution in [-0.2, 0) is 12.8 Å². The molecule has 2 aromatic rings. The molecule has 0 spiro atoms. The minimum atomic E-state index is 0.301. The molecule has 0 amide bonds. The van der Waals surface area contributed by atoms with Crippen molar-refractivity contribution in [3.05, 3.63) is 57.6 Å². The molecule has 0 saturated heterocycles. The molecule has 146 valence electrons. The van der Waals surface area contributed by atoms with Gasteiger partial charge in [0.05, 0.1) is 14.2 Å². The number of rotatable bonds is 8. The van der Waals surface area contributed by atoms with Gasteiger partial charge in [-0.1, -0.05) is 48.2 Å². The van der Waals surface area contributed by atoms with Crippen LogP contribution in [0.1, 0.15) is 55.3 Å². The van der Waals surface area contributed by atoms with Crippen LogP contribution in [0.25, 0.3) is 0 Å². The van der Waals surface area contributed by atoms with Crippen molar-refractivity contribution in [3.63, 3.8) is 0 Å². The Morgan fingerprint density at radius 1 is 1.04 bits per heavy atom. The summed E-state index contributed by atoms with van der Waals surface area (Å²) in [6.45, 7) is 2.26. The number of hydrogen-bond donors (Lipinski definition) is 1. The third-order valence-corrected chi connectivity index (χ3v) is 6.24. The highest BCUT2D eigenvalue weighted by molar-refractivity contribution is 9.10. The fourth-order valence-corrected chi connectivity index (χ4v) is 4.38. The molecule has 0 radical (unpaired) electrons. The van der Waals surface area contributed by atoms with E-state index in [4.69, 9.17) is 9.47 Å². The number of unbranched alkanes of at least 4 members (excludes halogenated alkanes) is 2. The van der Waals surface area contributed by atoms with Crippen molar-refractivity contribution >= 4 is 15.9 Å². The maximum atomic E-state index is 5.47. The van der Waals surface area contributed by atoms with Crippen LogP contribution in [0.2, 0.25) is 0 Å². The fraction of sp³-hybridized carbons (Fsp3) is 0.478. The summed E-state index contributed by atoms with van der Waals surface area (Å²) in [6.07, 6.45) is 7.07. The molecule has 1 N–H and O–H groups in total.